The molecule has 1 aliphatic heterocycles. The lowest BCUT2D eigenvalue weighted by molar-refractivity contribution is -0.330. The molecule has 16 heavy (non-hydrogen) atoms. The molecule has 1 N–H and O–H groups in total. The van der Waals surface area contributed by atoms with Gasteiger partial charge in [0, 0.05) is 18.2 Å². The average Bonchev–Trinajstić information content (AvgIpc) is 2.44. The van der Waals surface area contributed by atoms with Crippen LogP contribution in [0, 0.1) is 0 Å². The van der Waals surface area contributed by atoms with Gasteiger partial charge in [0.15, 0.2) is 0 Å². The summed E-state index contributed by atoms with van der Waals surface area (Å²) >= 11 is 0. The monoisotopic (exact) mass is 241 g/mol. The SMILES string of the molecule is OC12C(=CCCC1(F)F)C=CN2C(F)(F)F. The van der Waals surface area contributed by atoms with Crippen LogP contribution in [-0.4, -0.2) is 28.0 Å². The van der Waals surface area contributed by atoms with Gasteiger partial charge in [-0.25, -0.2) is 8.78 Å². The number of fused-ring (bicyclic) bond motifs is 1. The molecule has 0 saturated carbocycles. The van der Waals surface area contributed by atoms with Gasteiger partial charge < -0.3 is 5.11 Å². The first-order valence-corrected chi connectivity index (χ1v) is 4.55. The Morgan fingerprint density at radius 3 is 2.50 bits per heavy atom. The Morgan fingerprint density at radius 2 is 1.94 bits per heavy atom. The highest BCUT2D eigenvalue weighted by Crippen LogP contribution is 2.51. The summed E-state index contributed by atoms with van der Waals surface area (Å²) in [6.07, 6.45) is -3.41. The van der Waals surface area contributed by atoms with Crippen LogP contribution >= 0.6 is 0 Å². The summed E-state index contributed by atoms with van der Waals surface area (Å²) in [5, 5.41) is 9.66. The van der Waals surface area contributed by atoms with Gasteiger partial charge in [-0.2, -0.15) is 0 Å². The summed E-state index contributed by atoms with van der Waals surface area (Å²) < 4.78 is 64.3. The predicted octanol–water partition coefficient (Wildman–Crippen LogP) is 2.38. The number of aliphatic hydroxyl groups is 1. The van der Waals surface area contributed by atoms with Gasteiger partial charge in [-0.1, -0.05) is 6.08 Å². The summed E-state index contributed by atoms with van der Waals surface area (Å²) in [7, 11) is 0. The van der Waals surface area contributed by atoms with Crippen LogP contribution in [0.1, 0.15) is 12.8 Å². The highest BCUT2D eigenvalue weighted by molar-refractivity contribution is 5.39. The van der Waals surface area contributed by atoms with Crippen molar-refractivity contribution in [2.45, 2.75) is 30.8 Å². The first kappa shape index (κ1) is 11.4. The Kier molecular flexibility index (Phi) is 2.11. The number of alkyl halides is 5. The number of rotatable bonds is 0. The number of halogens is 5. The van der Waals surface area contributed by atoms with E-state index in [9.17, 15) is 27.1 Å². The van der Waals surface area contributed by atoms with E-state index in [1.165, 1.54) is 6.08 Å². The lowest BCUT2D eigenvalue weighted by atomic mass is 9.87. The van der Waals surface area contributed by atoms with Gasteiger partial charge in [0.25, 0.3) is 5.92 Å². The van der Waals surface area contributed by atoms with Crippen LogP contribution in [0.5, 0.6) is 0 Å². The third kappa shape index (κ3) is 1.27. The molecule has 0 aromatic carbocycles. The molecule has 0 bridgehead atoms. The first-order chi connectivity index (χ1) is 7.19. The van der Waals surface area contributed by atoms with Crippen LogP contribution in [0.15, 0.2) is 23.9 Å². The maximum Gasteiger partial charge on any atom is 0.487 e. The normalized spacial score (nSPS) is 32.6. The molecule has 0 aromatic rings. The Morgan fingerprint density at radius 1 is 1.31 bits per heavy atom. The molecule has 7 heteroatoms. The summed E-state index contributed by atoms with van der Waals surface area (Å²) in [6, 6.07) is 0. The van der Waals surface area contributed by atoms with Gasteiger partial charge >= 0.3 is 6.30 Å². The van der Waals surface area contributed by atoms with E-state index in [1.54, 1.807) is 0 Å². The fourth-order valence-corrected chi connectivity index (χ4v) is 1.97. The fraction of sp³-hybridized carbons (Fsp3) is 0.556. The van der Waals surface area contributed by atoms with E-state index in [-0.39, 0.29) is 6.42 Å². The van der Waals surface area contributed by atoms with E-state index in [0.717, 1.165) is 6.08 Å². The van der Waals surface area contributed by atoms with Crippen molar-refractivity contribution in [3.8, 4) is 0 Å². The molecule has 0 aromatic heterocycles. The number of hydrogen-bond acceptors (Lipinski definition) is 2. The molecular formula is C9H8F5NO. The molecule has 2 rings (SSSR count). The Bertz CT molecular complexity index is 373. The fourth-order valence-electron chi connectivity index (χ4n) is 1.97. The third-order valence-corrected chi connectivity index (χ3v) is 2.76. The topological polar surface area (TPSA) is 23.5 Å². The van der Waals surface area contributed by atoms with E-state index in [2.05, 4.69) is 0 Å². The van der Waals surface area contributed by atoms with Crippen LogP contribution in [0.25, 0.3) is 0 Å². The quantitative estimate of drug-likeness (QED) is 0.520. The second-order valence-corrected chi connectivity index (χ2v) is 3.73. The minimum atomic E-state index is -5.04. The molecule has 0 spiro atoms. The Hall–Kier alpha value is -1.11. The van der Waals surface area contributed by atoms with E-state index >= 15 is 0 Å². The number of allylic oxidation sites excluding steroid dienone is 1. The van der Waals surface area contributed by atoms with Gasteiger partial charge in [0.05, 0.1) is 0 Å². The van der Waals surface area contributed by atoms with Gasteiger partial charge in [-0.05, 0) is 12.5 Å². The maximum absolute atomic E-state index is 13.5. The zero-order chi connectivity index (χ0) is 12.2. The first-order valence-electron chi connectivity index (χ1n) is 4.55. The zero-order valence-electron chi connectivity index (χ0n) is 7.93. The van der Waals surface area contributed by atoms with Crippen molar-refractivity contribution in [1.29, 1.82) is 0 Å². The van der Waals surface area contributed by atoms with Gasteiger partial charge in [-0.3, -0.25) is 4.90 Å². The predicted molar refractivity (Wildman–Crippen MR) is 44.2 cm³/mol. The summed E-state index contributed by atoms with van der Waals surface area (Å²) in [5.74, 6) is -3.82. The molecule has 0 radical (unpaired) electrons. The van der Waals surface area contributed by atoms with Crippen molar-refractivity contribution >= 4 is 0 Å². The molecule has 90 valence electrons. The number of hydrogen-bond donors (Lipinski definition) is 1. The van der Waals surface area contributed by atoms with Crippen molar-refractivity contribution in [2.24, 2.45) is 0 Å². The minimum absolute atomic E-state index is 0.0549. The summed E-state index contributed by atoms with van der Waals surface area (Å²) in [4.78, 5) is -0.648. The van der Waals surface area contributed by atoms with Crippen molar-refractivity contribution in [3.63, 3.8) is 0 Å². The van der Waals surface area contributed by atoms with Crippen LogP contribution in [0.2, 0.25) is 0 Å². The molecule has 2 aliphatic rings. The molecule has 1 heterocycles. The largest absolute Gasteiger partial charge is 0.487 e. The zero-order valence-corrected chi connectivity index (χ0v) is 7.93. The van der Waals surface area contributed by atoms with E-state index in [0.29, 0.717) is 6.20 Å². The molecular weight excluding hydrogens is 233 g/mol. The van der Waals surface area contributed by atoms with Crippen molar-refractivity contribution < 1.29 is 27.1 Å². The van der Waals surface area contributed by atoms with Crippen LogP contribution in [0.4, 0.5) is 22.0 Å². The van der Waals surface area contributed by atoms with Gasteiger partial charge in [0.2, 0.25) is 5.72 Å². The van der Waals surface area contributed by atoms with Crippen LogP contribution in [0.3, 0.4) is 0 Å². The second-order valence-electron chi connectivity index (χ2n) is 3.73. The standard InChI is InChI=1S/C9H8F5NO/c10-7(11)4-1-2-6-3-5-15(8(6,7)16)9(12,13)14/h2-3,5,16H,1,4H2. The van der Waals surface area contributed by atoms with Gasteiger partial charge in [0.1, 0.15) is 0 Å². The highest BCUT2D eigenvalue weighted by atomic mass is 19.4. The molecule has 2 nitrogen and oxygen atoms in total. The van der Waals surface area contributed by atoms with E-state index in [1.807, 2.05) is 0 Å². The Balaban J connectivity index is 2.51. The smallest absolute Gasteiger partial charge is 0.362 e. The van der Waals surface area contributed by atoms with Crippen molar-refractivity contribution in [2.75, 3.05) is 0 Å². The molecule has 0 fully saturated rings. The van der Waals surface area contributed by atoms with Gasteiger partial charge in [-0.15, -0.1) is 13.2 Å². The highest BCUT2D eigenvalue weighted by Gasteiger charge is 2.66. The van der Waals surface area contributed by atoms with E-state index < -0.39 is 34.8 Å². The second kappa shape index (κ2) is 2.97. The molecule has 0 saturated heterocycles. The molecule has 1 unspecified atom stereocenters. The lowest BCUT2D eigenvalue weighted by Gasteiger charge is -2.43. The Labute approximate surface area is 87.6 Å². The minimum Gasteiger partial charge on any atom is -0.362 e. The maximum atomic E-state index is 13.5. The average molecular weight is 241 g/mol. The lowest BCUT2D eigenvalue weighted by Crippen LogP contribution is -2.62. The molecule has 1 atom stereocenters. The van der Waals surface area contributed by atoms with Crippen LogP contribution < -0.4 is 0 Å². The van der Waals surface area contributed by atoms with Crippen molar-refractivity contribution in [3.05, 3.63) is 23.9 Å². The number of nitrogens with zero attached hydrogens (tertiary/aromatic N) is 1. The summed E-state index contributed by atoms with van der Waals surface area (Å²) in [6.45, 7) is 0. The van der Waals surface area contributed by atoms with Crippen LogP contribution in [-0.2, 0) is 0 Å². The molecule has 0 amide bonds. The van der Waals surface area contributed by atoms with Crippen molar-refractivity contribution in [1.82, 2.24) is 4.90 Å². The van der Waals surface area contributed by atoms with E-state index in [4.69, 9.17) is 0 Å². The molecule has 1 aliphatic carbocycles. The summed E-state index contributed by atoms with van der Waals surface area (Å²) in [5.41, 5.74) is -3.69. The third-order valence-electron chi connectivity index (χ3n) is 2.76.